The predicted octanol–water partition coefficient (Wildman–Crippen LogP) is 1.81. The van der Waals surface area contributed by atoms with Crippen LogP contribution in [0.1, 0.15) is 41.4 Å². The molecule has 0 unspecified atom stereocenters. The van der Waals surface area contributed by atoms with Gasteiger partial charge in [0.05, 0.1) is 5.56 Å². The first kappa shape index (κ1) is 8.59. The maximum Gasteiger partial charge on any atom is 0.171 e. The number of nitrogens with zero attached hydrogens (tertiary/aromatic N) is 3. The number of rotatable bonds is 2. The standard InChI is InChI=1S/C11H11N3O/c15-7-9-5-2-6-14-10(8-3-1-4-8)12-13-11(9)14/h2,5-8H,1,3-4H2. The van der Waals surface area contributed by atoms with Crippen molar-refractivity contribution in [2.75, 3.05) is 0 Å². The van der Waals surface area contributed by atoms with E-state index in [-0.39, 0.29) is 0 Å². The van der Waals surface area contributed by atoms with Crippen molar-refractivity contribution >= 4 is 11.9 Å². The highest BCUT2D eigenvalue weighted by molar-refractivity contribution is 5.83. The maximum atomic E-state index is 10.8. The average molecular weight is 201 g/mol. The Bertz CT molecular complexity index is 514. The highest BCUT2D eigenvalue weighted by atomic mass is 16.1. The Kier molecular flexibility index (Phi) is 1.80. The molecule has 2 heterocycles. The van der Waals surface area contributed by atoms with E-state index in [1.54, 1.807) is 6.07 Å². The van der Waals surface area contributed by atoms with Crippen molar-refractivity contribution in [1.29, 1.82) is 0 Å². The van der Waals surface area contributed by atoms with E-state index in [0.717, 1.165) is 12.1 Å². The first-order valence-electron chi connectivity index (χ1n) is 5.19. The normalized spacial score (nSPS) is 16.5. The minimum absolute atomic E-state index is 0.530. The lowest BCUT2D eigenvalue weighted by Gasteiger charge is -2.23. The van der Waals surface area contributed by atoms with Crippen molar-refractivity contribution in [2.24, 2.45) is 0 Å². The van der Waals surface area contributed by atoms with Gasteiger partial charge in [-0.25, -0.2) is 0 Å². The molecule has 0 radical (unpaired) electrons. The highest BCUT2D eigenvalue weighted by Crippen LogP contribution is 2.35. The number of aldehydes is 1. The van der Waals surface area contributed by atoms with Gasteiger partial charge >= 0.3 is 0 Å². The van der Waals surface area contributed by atoms with Crippen LogP contribution in [0, 0.1) is 0 Å². The summed E-state index contributed by atoms with van der Waals surface area (Å²) < 4.78 is 1.94. The molecule has 0 N–H and O–H groups in total. The largest absolute Gasteiger partial charge is 0.298 e. The average Bonchev–Trinajstić information content (AvgIpc) is 2.59. The van der Waals surface area contributed by atoms with Crippen LogP contribution in [0.25, 0.3) is 5.65 Å². The number of fused-ring (bicyclic) bond motifs is 1. The van der Waals surface area contributed by atoms with Crippen molar-refractivity contribution in [3.8, 4) is 0 Å². The van der Waals surface area contributed by atoms with Crippen LogP contribution in [0.4, 0.5) is 0 Å². The number of hydrogen-bond acceptors (Lipinski definition) is 3. The molecule has 15 heavy (non-hydrogen) atoms. The van der Waals surface area contributed by atoms with E-state index in [9.17, 15) is 4.79 Å². The fourth-order valence-electron chi connectivity index (χ4n) is 1.99. The van der Waals surface area contributed by atoms with Crippen molar-refractivity contribution in [3.05, 3.63) is 29.7 Å². The smallest absolute Gasteiger partial charge is 0.171 e. The van der Waals surface area contributed by atoms with Gasteiger partial charge in [-0.3, -0.25) is 9.20 Å². The molecule has 0 bridgehead atoms. The summed E-state index contributed by atoms with van der Waals surface area (Å²) >= 11 is 0. The van der Waals surface area contributed by atoms with Crippen LogP contribution < -0.4 is 0 Å². The van der Waals surface area contributed by atoms with Crippen molar-refractivity contribution in [2.45, 2.75) is 25.2 Å². The van der Waals surface area contributed by atoms with E-state index in [4.69, 9.17) is 0 Å². The second-order valence-electron chi connectivity index (χ2n) is 3.96. The molecule has 1 fully saturated rings. The van der Waals surface area contributed by atoms with E-state index < -0.39 is 0 Å². The van der Waals surface area contributed by atoms with E-state index in [1.165, 1.54) is 19.3 Å². The Morgan fingerprint density at radius 2 is 2.27 bits per heavy atom. The molecular weight excluding hydrogens is 190 g/mol. The summed E-state index contributed by atoms with van der Waals surface area (Å²) in [5.41, 5.74) is 1.28. The Labute approximate surface area is 86.9 Å². The summed E-state index contributed by atoms with van der Waals surface area (Å²) in [5, 5.41) is 8.25. The molecular formula is C11H11N3O. The Balaban J connectivity index is 2.20. The van der Waals surface area contributed by atoms with Crippen LogP contribution in [-0.4, -0.2) is 20.9 Å². The molecule has 0 spiro atoms. The van der Waals surface area contributed by atoms with Gasteiger partial charge in [0.1, 0.15) is 5.82 Å². The van der Waals surface area contributed by atoms with Crippen LogP contribution in [0.2, 0.25) is 0 Å². The summed E-state index contributed by atoms with van der Waals surface area (Å²) in [6, 6.07) is 3.63. The predicted molar refractivity (Wildman–Crippen MR) is 55.0 cm³/mol. The second-order valence-corrected chi connectivity index (χ2v) is 3.96. The first-order chi connectivity index (χ1) is 7.40. The molecule has 4 heteroatoms. The quantitative estimate of drug-likeness (QED) is 0.696. The second kappa shape index (κ2) is 3.15. The topological polar surface area (TPSA) is 47.3 Å². The monoisotopic (exact) mass is 201 g/mol. The lowest BCUT2D eigenvalue weighted by molar-refractivity contribution is 0.112. The summed E-state index contributed by atoms with van der Waals surface area (Å²) in [4.78, 5) is 10.8. The van der Waals surface area contributed by atoms with Crippen LogP contribution >= 0.6 is 0 Å². The molecule has 0 atom stereocenters. The lowest BCUT2D eigenvalue weighted by atomic mass is 9.85. The number of aromatic nitrogens is 3. The van der Waals surface area contributed by atoms with E-state index in [2.05, 4.69) is 10.2 Å². The van der Waals surface area contributed by atoms with Gasteiger partial charge in [0, 0.05) is 12.1 Å². The zero-order valence-electron chi connectivity index (χ0n) is 8.26. The van der Waals surface area contributed by atoms with Crippen LogP contribution in [0.15, 0.2) is 18.3 Å². The molecule has 0 amide bonds. The highest BCUT2D eigenvalue weighted by Gasteiger charge is 2.24. The molecule has 2 aromatic heterocycles. The molecule has 0 aromatic carbocycles. The molecule has 2 aromatic rings. The van der Waals surface area contributed by atoms with E-state index in [0.29, 0.717) is 17.1 Å². The minimum atomic E-state index is 0.530. The molecule has 0 saturated heterocycles. The van der Waals surface area contributed by atoms with Crippen molar-refractivity contribution < 1.29 is 4.79 Å². The third-order valence-corrected chi connectivity index (χ3v) is 3.09. The molecule has 76 valence electrons. The summed E-state index contributed by atoms with van der Waals surface area (Å²) in [6.45, 7) is 0. The number of hydrogen-bond donors (Lipinski definition) is 0. The third-order valence-electron chi connectivity index (χ3n) is 3.09. The molecule has 4 nitrogen and oxygen atoms in total. The number of carbonyl (C=O) groups is 1. The molecule has 3 rings (SSSR count). The SMILES string of the molecule is O=Cc1cccn2c(C3CCC3)nnc12. The van der Waals surface area contributed by atoms with Gasteiger partial charge in [0.15, 0.2) is 11.9 Å². The van der Waals surface area contributed by atoms with E-state index in [1.807, 2.05) is 16.7 Å². The summed E-state index contributed by atoms with van der Waals surface area (Å²) in [7, 11) is 0. The van der Waals surface area contributed by atoms with Gasteiger partial charge in [0.25, 0.3) is 0 Å². The third kappa shape index (κ3) is 1.17. The minimum Gasteiger partial charge on any atom is -0.298 e. The number of pyridine rings is 1. The molecule has 1 saturated carbocycles. The van der Waals surface area contributed by atoms with Crippen molar-refractivity contribution in [3.63, 3.8) is 0 Å². The van der Waals surface area contributed by atoms with Crippen LogP contribution in [0.3, 0.4) is 0 Å². The van der Waals surface area contributed by atoms with Crippen molar-refractivity contribution in [1.82, 2.24) is 14.6 Å². The van der Waals surface area contributed by atoms with Crippen LogP contribution in [-0.2, 0) is 0 Å². The van der Waals surface area contributed by atoms with Gasteiger partial charge in [-0.15, -0.1) is 10.2 Å². The lowest BCUT2D eigenvalue weighted by Crippen LogP contribution is -2.12. The zero-order chi connectivity index (χ0) is 10.3. The van der Waals surface area contributed by atoms with Gasteiger partial charge in [-0.2, -0.15) is 0 Å². The van der Waals surface area contributed by atoms with Gasteiger partial charge < -0.3 is 0 Å². The summed E-state index contributed by atoms with van der Waals surface area (Å²) in [6.07, 6.45) is 6.40. The van der Waals surface area contributed by atoms with Gasteiger partial charge in [-0.05, 0) is 25.0 Å². The zero-order valence-corrected chi connectivity index (χ0v) is 8.26. The Hall–Kier alpha value is -1.71. The summed E-state index contributed by atoms with van der Waals surface area (Å²) in [5.74, 6) is 1.53. The van der Waals surface area contributed by atoms with Crippen LogP contribution in [0.5, 0.6) is 0 Å². The Morgan fingerprint density at radius 3 is 2.93 bits per heavy atom. The molecule has 1 aliphatic carbocycles. The van der Waals surface area contributed by atoms with E-state index >= 15 is 0 Å². The molecule has 0 aliphatic heterocycles. The first-order valence-corrected chi connectivity index (χ1v) is 5.19. The number of carbonyl (C=O) groups excluding carboxylic acids is 1. The fourth-order valence-corrected chi connectivity index (χ4v) is 1.99. The fraction of sp³-hybridized carbons (Fsp3) is 0.364. The maximum absolute atomic E-state index is 10.8. The van der Waals surface area contributed by atoms with Gasteiger partial charge in [-0.1, -0.05) is 6.42 Å². The Morgan fingerprint density at radius 1 is 1.40 bits per heavy atom. The van der Waals surface area contributed by atoms with Gasteiger partial charge in [0.2, 0.25) is 0 Å². The molecule has 1 aliphatic rings.